The summed E-state index contributed by atoms with van der Waals surface area (Å²) in [5, 5.41) is 12.7. The molecule has 0 aromatic heterocycles. The molecule has 0 radical (unpaired) electrons. The van der Waals surface area contributed by atoms with E-state index in [1.807, 2.05) is 0 Å². The topological polar surface area (TPSA) is 97.3 Å². The molecule has 1 aliphatic rings. The van der Waals surface area contributed by atoms with Gasteiger partial charge in [0.2, 0.25) is 11.7 Å². The molecule has 0 spiro atoms. The highest BCUT2D eigenvalue weighted by molar-refractivity contribution is 8.26. The Balaban J connectivity index is 1.71. The third-order valence-electron chi connectivity index (χ3n) is 4.66. The summed E-state index contributed by atoms with van der Waals surface area (Å²) in [6.07, 6.45) is 2.14. The van der Waals surface area contributed by atoms with E-state index in [0.717, 1.165) is 17.3 Å². The summed E-state index contributed by atoms with van der Waals surface area (Å²) in [4.78, 5) is 26.9. The van der Waals surface area contributed by atoms with E-state index in [-0.39, 0.29) is 28.2 Å². The SMILES string of the molecule is COc1cc(C/C=C2\SC(=S)N(CC(=O)Nc3cc(Cl)ccc3O)C2=O)cc(OC)c1OC. The average Bonchev–Trinajstić information content (AvgIpc) is 3.06. The highest BCUT2D eigenvalue weighted by atomic mass is 35.5. The minimum atomic E-state index is -0.519. The van der Waals surface area contributed by atoms with Crippen molar-refractivity contribution in [2.45, 2.75) is 6.42 Å². The van der Waals surface area contributed by atoms with E-state index in [0.29, 0.717) is 33.6 Å². The maximum absolute atomic E-state index is 12.8. The van der Waals surface area contributed by atoms with Gasteiger partial charge in [-0.25, -0.2) is 0 Å². The van der Waals surface area contributed by atoms with Crippen LogP contribution in [0.2, 0.25) is 5.02 Å². The van der Waals surface area contributed by atoms with E-state index < -0.39 is 5.91 Å². The van der Waals surface area contributed by atoms with E-state index in [4.69, 9.17) is 38.0 Å². The first kappa shape index (κ1) is 24.7. The Bertz CT molecular complexity index is 1110. The number of rotatable bonds is 8. The number of methoxy groups -OCH3 is 3. The fourth-order valence-corrected chi connectivity index (χ4v) is 4.48. The van der Waals surface area contributed by atoms with Crippen molar-refractivity contribution in [1.29, 1.82) is 0 Å². The van der Waals surface area contributed by atoms with Gasteiger partial charge in [0, 0.05) is 5.02 Å². The van der Waals surface area contributed by atoms with Crippen LogP contribution in [0, 0.1) is 0 Å². The van der Waals surface area contributed by atoms with Crippen LogP contribution in [0.4, 0.5) is 5.69 Å². The average molecular weight is 509 g/mol. The Labute approximate surface area is 205 Å². The van der Waals surface area contributed by atoms with Crippen LogP contribution in [0.1, 0.15) is 5.56 Å². The Kier molecular flexibility index (Phi) is 8.06. The first-order valence-corrected chi connectivity index (χ1v) is 11.2. The van der Waals surface area contributed by atoms with Gasteiger partial charge in [0.1, 0.15) is 16.6 Å². The van der Waals surface area contributed by atoms with Crippen molar-refractivity contribution < 1.29 is 28.9 Å². The first-order chi connectivity index (χ1) is 15.8. The van der Waals surface area contributed by atoms with Crippen molar-refractivity contribution in [3.63, 3.8) is 0 Å². The number of allylic oxidation sites excluding steroid dienone is 1. The van der Waals surface area contributed by atoms with Crippen molar-refractivity contribution in [3.05, 3.63) is 51.9 Å². The van der Waals surface area contributed by atoms with Crippen LogP contribution in [0.25, 0.3) is 0 Å². The Morgan fingerprint density at radius 3 is 2.45 bits per heavy atom. The van der Waals surface area contributed by atoms with Gasteiger partial charge in [-0.1, -0.05) is 41.7 Å². The highest BCUT2D eigenvalue weighted by Gasteiger charge is 2.33. The molecule has 2 N–H and O–H groups in total. The number of amides is 2. The number of carbonyl (C=O) groups excluding carboxylic acids is 2. The molecular formula is C22H21ClN2O6S2. The summed E-state index contributed by atoms with van der Waals surface area (Å²) < 4.78 is 16.3. The van der Waals surface area contributed by atoms with Crippen LogP contribution in [0.5, 0.6) is 23.0 Å². The number of anilines is 1. The number of carbonyl (C=O) groups is 2. The largest absolute Gasteiger partial charge is 0.506 e. The van der Waals surface area contributed by atoms with Gasteiger partial charge in [-0.15, -0.1) is 0 Å². The van der Waals surface area contributed by atoms with Crippen molar-refractivity contribution in [2.75, 3.05) is 33.2 Å². The van der Waals surface area contributed by atoms with E-state index in [1.54, 1.807) is 18.2 Å². The number of phenols is 1. The lowest BCUT2D eigenvalue weighted by molar-refractivity contribution is -0.126. The lowest BCUT2D eigenvalue weighted by atomic mass is 10.1. The molecule has 0 unspecified atom stereocenters. The minimum absolute atomic E-state index is 0.136. The second-order valence-corrected chi connectivity index (χ2v) is 8.89. The Hall–Kier alpha value is -2.95. The summed E-state index contributed by atoms with van der Waals surface area (Å²) in [6, 6.07) is 7.86. The molecule has 8 nitrogen and oxygen atoms in total. The molecule has 0 atom stereocenters. The van der Waals surface area contributed by atoms with Gasteiger partial charge in [0.05, 0.1) is 31.9 Å². The number of thioether (sulfide) groups is 1. The van der Waals surface area contributed by atoms with E-state index >= 15 is 0 Å². The van der Waals surface area contributed by atoms with Crippen LogP contribution in [-0.4, -0.2) is 54.0 Å². The van der Waals surface area contributed by atoms with Crippen LogP contribution in [0.15, 0.2) is 41.3 Å². The van der Waals surface area contributed by atoms with Gasteiger partial charge >= 0.3 is 0 Å². The highest BCUT2D eigenvalue weighted by Crippen LogP contribution is 2.39. The molecule has 0 saturated carbocycles. The van der Waals surface area contributed by atoms with Crippen LogP contribution >= 0.6 is 35.6 Å². The summed E-state index contributed by atoms with van der Waals surface area (Å²) in [7, 11) is 4.58. The Morgan fingerprint density at radius 1 is 1.18 bits per heavy atom. The molecule has 1 aliphatic heterocycles. The Morgan fingerprint density at radius 2 is 1.85 bits per heavy atom. The number of nitrogens with one attached hydrogen (secondary N) is 1. The number of nitrogens with zero attached hydrogens (tertiary/aromatic N) is 1. The number of benzene rings is 2. The third kappa shape index (κ3) is 5.70. The smallest absolute Gasteiger partial charge is 0.266 e. The molecule has 2 amide bonds. The van der Waals surface area contributed by atoms with Crippen LogP contribution in [0.3, 0.4) is 0 Å². The van der Waals surface area contributed by atoms with Gasteiger partial charge in [0.15, 0.2) is 11.5 Å². The number of phenolic OH excluding ortho intramolecular Hbond substituents is 1. The number of ether oxygens (including phenoxy) is 3. The molecule has 174 valence electrons. The minimum Gasteiger partial charge on any atom is -0.506 e. The maximum Gasteiger partial charge on any atom is 0.266 e. The molecule has 1 heterocycles. The molecule has 2 aromatic carbocycles. The first-order valence-electron chi connectivity index (χ1n) is 9.58. The second kappa shape index (κ2) is 10.8. The van der Waals surface area contributed by atoms with Crippen molar-refractivity contribution in [3.8, 4) is 23.0 Å². The number of hydrogen-bond acceptors (Lipinski definition) is 8. The van der Waals surface area contributed by atoms with Crippen LogP contribution < -0.4 is 19.5 Å². The lowest BCUT2D eigenvalue weighted by Gasteiger charge is -2.15. The van der Waals surface area contributed by atoms with Crippen molar-refractivity contribution in [1.82, 2.24) is 4.90 Å². The summed E-state index contributed by atoms with van der Waals surface area (Å²) in [5.74, 6) is 0.468. The molecule has 1 saturated heterocycles. The molecule has 33 heavy (non-hydrogen) atoms. The second-order valence-electron chi connectivity index (χ2n) is 6.78. The predicted molar refractivity (Wildman–Crippen MR) is 132 cm³/mol. The van der Waals surface area contributed by atoms with Crippen molar-refractivity contribution in [2.24, 2.45) is 0 Å². The monoisotopic (exact) mass is 508 g/mol. The zero-order chi connectivity index (χ0) is 24.1. The van der Waals surface area contributed by atoms with Gasteiger partial charge in [-0.3, -0.25) is 14.5 Å². The van der Waals surface area contributed by atoms with Gasteiger partial charge < -0.3 is 24.6 Å². The van der Waals surface area contributed by atoms with Crippen LogP contribution in [-0.2, 0) is 16.0 Å². The van der Waals surface area contributed by atoms with Gasteiger partial charge in [0.25, 0.3) is 5.91 Å². The molecule has 0 bridgehead atoms. The predicted octanol–water partition coefficient (Wildman–Crippen LogP) is 4.00. The molecular weight excluding hydrogens is 488 g/mol. The molecule has 1 fully saturated rings. The molecule has 11 heteroatoms. The normalized spacial score (nSPS) is 14.5. The molecule has 3 rings (SSSR count). The molecule has 0 aliphatic carbocycles. The number of halogens is 1. The fraction of sp³-hybridized carbons (Fsp3) is 0.227. The summed E-state index contributed by atoms with van der Waals surface area (Å²) in [6.45, 7) is -0.294. The third-order valence-corrected chi connectivity index (χ3v) is 6.32. The maximum atomic E-state index is 12.8. The zero-order valence-corrected chi connectivity index (χ0v) is 20.4. The quantitative estimate of drug-likeness (QED) is 0.314. The van der Waals surface area contributed by atoms with E-state index in [1.165, 1.54) is 44.4 Å². The standard InChI is InChI=1S/C22H21ClN2O6S2/c1-29-16-8-12(9-17(30-2)20(16)31-3)4-7-18-21(28)25(22(32)33-18)11-19(27)24-14-10-13(23)5-6-15(14)26/h5-10,26H,4,11H2,1-3H3,(H,24,27)/b18-7-. The lowest BCUT2D eigenvalue weighted by Crippen LogP contribution is -2.36. The van der Waals surface area contributed by atoms with Crippen molar-refractivity contribution >= 4 is 57.4 Å². The fourth-order valence-electron chi connectivity index (χ4n) is 3.08. The van der Waals surface area contributed by atoms with Gasteiger partial charge in [-0.05, 0) is 42.3 Å². The number of aromatic hydroxyl groups is 1. The number of thiocarbonyl (C=S) groups is 1. The van der Waals surface area contributed by atoms with E-state index in [2.05, 4.69) is 5.32 Å². The summed E-state index contributed by atoms with van der Waals surface area (Å²) >= 11 is 12.3. The molecule has 2 aromatic rings. The number of hydrogen-bond donors (Lipinski definition) is 2. The van der Waals surface area contributed by atoms with Gasteiger partial charge in [-0.2, -0.15) is 0 Å². The zero-order valence-electron chi connectivity index (χ0n) is 18.0. The summed E-state index contributed by atoms with van der Waals surface area (Å²) in [5.41, 5.74) is 0.986. The van der Waals surface area contributed by atoms with E-state index in [9.17, 15) is 14.7 Å².